The van der Waals surface area contributed by atoms with Crippen LogP contribution in [0.25, 0.3) is 0 Å². The number of amides is 1. The van der Waals surface area contributed by atoms with Crippen LogP contribution in [-0.2, 0) is 11.3 Å². The Labute approximate surface area is 158 Å². The first-order valence-corrected chi connectivity index (χ1v) is 8.52. The topological polar surface area (TPSA) is 66.0 Å². The Morgan fingerprint density at radius 1 is 1.00 bits per heavy atom. The fourth-order valence-electron chi connectivity index (χ4n) is 2.61. The van der Waals surface area contributed by atoms with Gasteiger partial charge in [0.25, 0.3) is 5.91 Å². The summed E-state index contributed by atoms with van der Waals surface area (Å²) >= 11 is 0. The molecule has 0 bridgehead atoms. The maximum atomic E-state index is 13.8. The van der Waals surface area contributed by atoms with Gasteiger partial charge in [-0.1, -0.05) is 19.1 Å². The van der Waals surface area contributed by atoms with E-state index in [1.807, 2.05) is 0 Å². The van der Waals surface area contributed by atoms with Crippen LogP contribution in [0.5, 0.6) is 23.0 Å². The van der Waals surface area contributed by atoms with E-state index in [1.165, 1.54) is 33.5 Å². The molecule has 0 radical (unpaired) electrons. The summed E-state index contributed by atoms with van der Waals surface area (Å²) in [6, 6.07) is 9.50. The summed E-state index contributed by atoms with van der Waals surface area (Å²) in [6.07, 6.45) is -0.420. The predicted octanol–water partition coefficient (Wildman–Crippen LogP) is 3.33. The van der Waals surface area contributed by atoms with Crippen LogP contribution >= 0.6 is 0 Å². The monoisotopic (exact) mass is 377 g/mol. The number of para-hydroxylation sites is 1. The Hall–Kier alpha value is -2.96. The molecule has 27 heavy (non-hydrogen) atoms. The van der Waals surface area contributed by atoms with Gasteiger partial charge in [0.2, 0.25) is 5.75 Å². The van der Waals surface area contributed by atoms with E-state index in [-0.39, 0.29) is 18.2 Å². The maximum Gasteiger partial charge on any atom is 0.261 e. The smallest absolute Gasteiger partial charge is 0.261 e. The van der Waals surface area contributed by atoms with Crippen molar-refractivity contribution in [2.45, 2.75) is 26.0 Å². The first kappa shape index (κ1) is 20.4. The van der Waals surface area contributed by atoms with E-state index in [1.54, 1.807) is 31.2 Å². The molecule has 2 aromatic rings. The number of carbonyl (C=O) groups excluding carboxylic acids is 1. The quantitative estimate of drug-likeness (QED) is 0.726. The number of rotatable bonds is 9. The van der Waals surface area contributed by atoms with E-state index < -0.39 is 11.9 Å². The van der Waals surface area contributed by atoms with Crippen molar-refractivity contribution in [2.24, 2.45) is 0 Å². The number of carbonyl (C=O) groups is 1. The fraction of sp³-hybridized carbons (Fsp3) is 0.350. The highest BCUT2D eigenvalue weighted by molar-refractivity contribution is 5.81. The Morgan fingerprint density at radius 2 is 1.70 bits per heavy atom. The number of ether oxygens (including phenoxy) is 4. The van der Waals surface area contributed by atoms with Crippen LogP contribution in [0.3, 0.4) is 0 Å². The molecule has 0 saturated carbocycles. The minimum Gasteiger partial charge on any atom is -0.493 e. The van der Waals surface area contributed by atoms with Crippen molar-refractivity contribution in [3.63, 3.8) is 0 Å². The number of hydrogen-bond donors (Lipinski definition) is 1. The normalized spacial score (nSPS) is 11.4. The number of benzene rings is 2. The first-order chi connectivity index (χ1) is 13.0. The van der Waals surface area contributed by atoms with Gasteiger partial charge in [0.1, 0.15) is 0 Å². The van der Waals surface area contributed by atoms with E-state index in [4.69, 9.17) is 18.9 Å². The van der Waals surface area contributed by atoms with Gasteiger partial charge in [0.05, 0.1) is 21.3 Å². The zero-order valence-corrected chi connectivity index (χ0v) is 15.9. The molecule has 0 aliphatic rings. The van der Waals surface area contributed by atoms with Crippen molar-refractivity contribution in [3.05, 3.63) is 47.8 Å². The SMILES string of the molecule is CC[C@@H](Oc1ccccc1F)C(=O)NCc1ccc(OC)c(OC)c1OC. The van der Waals surface area contributed by atoms with Gasteiger partial charge >= 0.3 is 0 Å². The Morgan fingerprint density at radius 3 is 2.30 bits per heavy atom. The molecular formula is C20H24FNO5. The lowest BCUT2D eigenvalue weighted by Gasteiger charge is -2.19. The lowest BCUT2D eigenvalue weighted by Crippen LogP contribution is -2.37. The largest absolute Gasteiger partial charge is 0.493 e. The van der Waals surface area contributed by atoms with Gasteiger partial charge < -0.3 is 24.3 Å². The molecule has 0 aliphatic carbocycles. The van der Waals surface area contributed by atoms with Crippen molar-refractivity contribution in [1.82, 2.24) is 5.32 Å². The second kappa shape index (κ2) is 9.66. The average molecular weight is 377 g/mol. The summed E-state index contributed by atoms with van der Waals surface area (Å²) in [4.78, 5) is 12.5. The van der Waals surface area contributed by atoms with Crippen molar-refractivity contribution < 1.29 is 28.1 Å². The van der Waals surface area contributed by atoms with Crippen LogP contribution in [0, 0.1) is 5.82 Å². The summed E-state index contributed by atoms with van der Waals surface area (Å²) in [5.74, 6) is 0.631. The summed E-state index contributed by atoms with van der Waals surface area (Å²) in [5.41, 5.74) is 0.712. The van der Waals surface area contributed by atoms with Gasteiger partial charge in [-0.3, -0.25) is 4.79 Å². The van der Waals surface area contributed by atoms with Crippen LogP contribution in [-0.4, -0.2) is 33.3 Å². The summed E-state index contributed by atoms with van der Waals surface area (Å²) in [7, 11) is 4.56. The maximum absolute atomic E-state index is 13.8. The highest BCUT2D eigenvalue weighted by Gasteiger charge is 2.21. The van der Waals surface area contributed by atoms with Crippen LogP contribution < -0.4 is 24.3 Å². The number of hydrogen-bond acceptors (Lipinski definition) is 5. The molecule has 0 aromatic heterocycles. The highest BCUT2D eigenvalue weighted by Crippen LogP contribution is 2.39. The van der Waals surface area contributed by atoms with Crippen LogP contribution in [0.15, 0.2) is 36.4 Å². The van der Waals surface area contributed by atoms with Gasteiger partial charge in [-0.15, -0.1) is 0 Å². The molecule has 0 spiro atoms. The third kappa shape index (κ3) is 4.81. The van der Waals surface area contributed by atoms with E-state index >= 15 is 0 Å². The molecule has 146 valence electrons. The molecule has 0 fully saturated rings. The standard InChI is InChI=1S/C20H24FNO5/c1-5-15(27-16-9-7-6-8-14(16)21)20(23)22-12-13-10-11-17(24-2)19(26-4)18(13)25-3/h6-11,15H,5,12H2,1-4H3,(H,22,23)/t15-/m1/s1. The Bertz CT molecular complexity index is 781. The lowest BCUT2D eigenvalue weighted by molar-refractivity contribution is -0.128. The zero-order valence-electron chi connectivity index (χ0n) is 15.9. The van der Waals surface area contributed by atoms with Crippen LogP contribution in [0.1, 0.15) is 18.9 Å². The van der Waals surface area contributed by atoms with E-state index in [9.17, 15) is 9.18 Å². The lowest BCUT2D eigenvalue weighted by atomic mass is 10.1. The highest BCUT2D eigenvalue weighted by atomic mass is 19.1. The molecule has 2 rings (SSSR count). The van der Waals surface area contributed by atoms with Crippen molar-refractivity contribution in [1.29, 1.82) is 0 Å². The predicted molar refractivity (Wildman–Crippen MR) is 99.1 cm³/mol. The molecule has 1 amide bonds. The average Bonchev–Trinajstić information content (AvgIpc) is 2.70. The molecule has 7 heteroatoms. The van der Waals surface area contributed by atoms with Gasteiger partial charge in [0.15, 0.2) is 29.2 Å². The van der Waals surface area contributed by atoms with Gasteiger partial charge in [-0.05, 0) is 30.7 Å². The molecule has 2 aromatic carbocycles. The van der Waals surface area contributed by atoms with Crippen molar-refractivity contribution in [2.75, 3.05) is 21.3 Å². The van der Waals surface area contributed by atoms with Gasteiger partial charge in [0, 0.05) is 12.1 Å². The van der Waals surface area contributed by atoms with Crippen molar-refractivity contribution in [3.8, 4) is 23.0 Å². The van der Waals surface area contributed by atoms with E-state index in [0.29, 0.717) is 29.2 Å². The van der Waals surface area contributed by atoms with Gasteiger partial charge in [-0.25, -0.2) is 4.39 Å². The van der Waals surface area contributed by atoms with E-state index in [0.717, 1.165) is 0 Å². The number of halogens is 1. The summed E-state index contributed by atoms with van der Waals surface area (Å²) in [6.45, 7) is 1.99. The molecule has 1 atom stereocenters. The third-order valence-electron chi connectivity index (χ3n) is 4.01. The Kier molecular flexibility index (Phi) is 7.28. The second-order valence-corrected chi connectivity index (χ2v) is 5.66. The number of nitrogens with one attached hydrogen (secondary N) is 1. The minimum absolute atomic E-state index is 0.0446. The molecular weight excluding hydrogens is 353 g/mol. The molecule has 0 aliphatic heterocycles. The summed E-state index contributed by atoms with van der Waals surface area (Å²) in [5, 5.41) is 2.79. The molecule has 6 nitrogen and oxygen atoms in total. The fourth-order valence-corrected chi connectivity index (χ4v) is 2.61. The third-order valence-corrected chi connectivity index (χ3v) is 4.01. The summed E-state index contributed by atoms with van der Waals surface area (Å²) < 4.78 is 35.3. The molecule has 1 N–H and O–H groups in total. The van der Waals surface area contributed by atoms with Gasteiger partial charge in [-0.2, -0.15) is 0 Å². The van der Waals surface area contributed by atoms with Crippen LogP contribution in [0.2, 0.25) is 0 Å². The molecule has 0 unspecified atom stereocenters. The minimum atomic E-state index is -0.812. The van der Waals surface area contributed by atoms with E-state index in [2.05, 4.69) is 5.32 Å². The number of methoxy groups -OCH3 is 3. The molecule has 0 heterocycles. The zero-order chi connectivity index (χ0) is 19.8. The van der Waals surface area contributed by atoms with Crippen LogP contribution in [0.4, 0.5) is 4.39 Å². The molecule has 0 saturated heterocycles. The first-order valence-electron chi connectivity index (χ1n) is 8.52. The van der Waals surface area contributed by atoms with Crippen molar-refractivity contribution >= 4 is 5.91 Å². The second-order valence-electron chi connectivity index (χ2n) is 5.66. The Balaban J connectivity index is 2.10.